The van der Waals surface area contributed by atoms with Crippen molar-refractivity contribution in [2.24, 2.45) is 4.99 Å². The molecule has 0 unspecified atom stereocenters. The van der Waals surface area contributed by atoms with E-state index in [1.807, 2.05) is 37.4 Å². The summed E-state index contributed by atoms with van der Waals surface area (Å²) >= 11 is 0. The summed E-state index contributed by atoms with van der Waals surface area (Å²) in [6.07, 6.45) is 8.81. The molecule has 0 saturated heterocycles. The number of rotatable bonds is 8. The second kappa shape index (κ2) is 12.1. The van der Waals surface area contributed by atoms with Crippen LogP contribution in [0.15, 0.2) is 60.7 Å². The van der Waals surface area contributed by atoms with E-state index >= 15 is 0 Å². The van der Waals surface area contributed by atoms with E-state index in [4.69, 9.17) is 14.2 Å². The molecule has 0 bridgehead atoms. The molecule has 33 heavy (non-hydrogen) atoms. The molecule has 1 saturated carbocycles. The molecule has 0 radical (unpaired) electrons. The molecule has 2 aromatic rings. The normalized spacial score (nSPS) is 15.5. The van der Waals surface area contributed by atoms with Gasteiger partial charge in [0, 0.05) is 18.0 Å². The summed E-state index contributed by atoms with van der Waals surface area (Å²) in [7, 11) is 1.66. The molecule has 5 nitrogen and oxygen atoms in total. The van der Waals surface area contributed by atoms with Crippen LogP contribution in [0, 0.1) is 12.7 Å². The predicted molar refractivity (Wildman–Crippen MR) is 132 cm³/mol. The largest absolute Gasteiger partial charge is 0.493 e. The average Bonchev–Trinajstić information content (AvgIpc) is 3.35. The predicted octanol–water partition coefficient (Wildman–Crippen LogP) is 6.03. The first kappa shape index (κ1) is 24.4. The fraction of sp³-hybridized carbons (Fsp3) is 0.370. The molecule has 2 aromatic carbocycles. The number of methoxy groups -OCH3 is 1. The standard InChI is InChI=1S/C25H29FN2O3.C2H4/c1-18-6-5-9-22(26)25(18)30-13-12-28-16-20(15-27-17-28)19-10-11-23(29-2)24(14-19)31-21-7-3-4-8-21;1-2/h5-6,9-11,14-16,21H,3-4,7-8,12-13,17H2,1-2H3;1-2H2. The molecule has 176 valence electrons. The van der Waals surface area contributed by atoms with Gasteiger partial charge in [-0.3, -0.25) is 4.99 Å². The number of allylic oxidation sites excluding steroid dienone is 1. The van der Waals surface area contributed by atoms with Crippen molar-refractivity contribution in [2.75, 3.05) is 26.9 Å². The fourth-order valence-corrected chi connectivity index (χ4v) is 4.00. The Morgan fingerprint density at radius 2 is 1.91 bits per heavy atom. The Hall–Kier alpha value is -3.28. The minimum absolute atomic E-state index is 0.258. The van der Waals surface area contributed by atoms with Crippen LogP contribution in [0.1, 0.15) is 36.8 Å². The van der Waals surface area contributed by atoms with Gasteiger partial charge in [-0.15, -0.1) is 13.2 Å². The zero-order valence-corrected chi connectivity index (χ0v) is 19.6. The Bertz CT molecular complexity index is 963. The maximum absolute atomic E-state index is 13.9. The van der Waals surface area contributed by atoms with Crippen molar-refractivity contribution in [1.29, 1.82) is 0 Å². The van der Waals surface area contributed by atoms with Crippen LogP contribution in [0.3, 0.4) is 0 Å². The quantitative estimate of drug-likeness (QED) is 0.459. The number of benzene rings is 2. The molecular weight excluding hydrogens is 419 g/mol. The molecule has 0 N–H and O–H groups in total. The SMILES string of the molecule is C=C.COc1ccc(C2=CN(CCOc3c(C)cccc3F)CN=C2)cc1OC1CCCC1. The van der Waals surface area contributed by atoms with Gasteiger partial charge in [0.2, 0.25) is 0 Å². The summed E-state index contributed by atoms with van der Waals surface area (Å²) in [5.74, 6) is 1.50. The average molecular weight is 453 g/mol. The molecule has 0 amide bonds. The highest BCUT2D eigenvalue weighted by atomic mass is 19.1. The number of para-hydroxylation sites is 1. The number of hydrogen-bond acceptors (Lipinski definition) is 5. The topological polar surface area (TPSA) is 43.3 Å². The maximum Gasteiger partial charge on any atom is 0.165 e. The Kier molecular flexibility index (Phi) is 8.93. The third-order valence-corrected chi connectivity index (χ3v) is 5.70. The van der Waals surface area contributed by atoms with Crippen LogP contribution in [0.25, 0.3) is 5.57 Å². The van der Waals surface area contributed by atoms with Crippen molar-refractivity contribution in [2.45, 2.75) is 38.7 Å². The number of aliphatic imine (C=N–C) groups is 1. The van der Waals surface area contributed by atoms with Crippen LogP contribution in [0.2, 0.25) is 0 Å². The Balaban J connectivity index is 0.00000149. The molecule has 1 fully saturated rings. The highest BCUT2D eigenvalue weighted by molar-refractivity contribution is 6.10. The minimum Gasteiger partial charge on any atom is -0.493 e. The molecule has 0 spiro atoms. The first-order chi connectivity index (χ1) is 16.1. The van der Waals surface area contributed by atoms with Gasteiger partial charge < -0.3 is 19.1 Å². The van der Waals surface area contributed by atoms with E-state index in [2.05, 4.69) is 29.3 Å². The Labute approximate surface area is 196 Å². The minimum atomic E-state index is -0.332. The molecule has 1 aliphatic carbocycles. The zero-order chi connectivity index (χ0) is 23.6. The van der Waals surface area contributed by atoms with E-state index in [-0.39, 0.29) is 11.9 Å². The third kappa shape index (κ3) is 6.37. The van der Waals surface area contributed by atoms with Crippen LogP contribution in [0.5, 0.6) is 17.2 Å². The van der Waals surface area contributed by atoms with Gasteiger partial charge in [0.25, 0.3) is 0 Å². The molecule has 6 heteroatoms. The molecule has 1 heterocycles. The number of hydrogen-bond donors (Lipinski definition) is 0. The molecule has 4 rings (SSSR count). The van der Waals surface area contributed by atoms with Crippen molar-refractivity contribution < 1.29 is 18.6 Å². The second-order valence-electron chi connectivity index (χ2n) is 7.97. The van der Waals surface area contributed by atoms with Crippen LogP contribution < -0.4 is 14.2 Å². The summed E-state index contributed by atoms with van der Waals surface area (Å²) in [4.78, 5) is 6.55. The van der Waals surface area contributed by atoms with E-state index in [0.717, 1.165) is 41.0 Å². The third-order valence-electron chi connectivity index (χ3n) is 5.70. The van der Waals surface area contributed by atoms with Gasteiger partial charge in [-0.2, -0.15) is 0 Å². The van der Waals surface area contributed by atoms with Crippen LogP contribution in [0.4, 0.5) is 4.39 Å². The first-order valence-electron chi connectivity index (χ1n) is 11.3. The summed E-state index contributed by atoms with van der Waals surface area (Å²) in [5.41, 5.74) is 2.81. The van der Waals surface area contributed by atoms with Crippen molar-refractivity contribution in [3.8, 4) is 17.2 Å². The zero-order valence-electron chi connectivity index (χ0n) is 19.6. The van der Waals surface area contributed by atoms with Gasteiger partial charge in [-0.25, -0.2) is 4.39 Å². The van der Waals surface area contributed by atoms with Crippen LogP contribution in [-0.4, -0.2) is 44.1 Å². The van der Waals surface area contributed by atoms with Crippen molar-refractivity contribution in [1.82, 2.24) is 4.90 Å². The molecule has 0 aromatic heterocycles. The van der Waals surface area contributed by atoms with E-state index in [9.17, 15) is 4.39 Å². The van der Waals surface area contributed by atoms with Gasteiger partial charge in [0.15, 0.2) is 23.1 Å². The summed E-state index contributed by atoms with van der Waals surface area (Å²) < 4.78 is 31.4. The number of aryl methyl sites for hydroxylation is 1. The van der Waals surface area contributed by atoms with Gasteiger partial charge in [-0.05, 0) is 61.9 Å². The molecule has 0 atom stereocenters. The summed E-state index contributed by atoms with van der Waals surface area (Å²) in [6.45, 7) is 9.37. The monoisotopic (exact) mass is 452 g/mol. The first-order valence-corrected chi connectivity index (χ1v) is 11.3. The van der Waals surface area contributed by atoms with Crippen molar-refractivity contribution in [3.05, 3.63) is 72.7 Å². The number of nitrogens with zero attached hydrogens (tertiary/aromatic N) is 2. The van der Waals surface area contributed by atoms with Crippen LogP contribution in [-0.2, 0) is 0 Å². The lowest BCUT2D eigenvalue weighted by atomic mass is 10.1. The van der Waals surface area contributed by atoms with E-state index in [0.29, 0.717) is 25.6 Å². The highest BCUT2D eigenvalue weighted by Gasteiger charge is 2.19. The highest BCUT2D eigenvalue weighted by Crippen LogP contribution is 2.34. The van der Waals surface area contributed by atoms with E-state index in [1.54, 1.807) is 13.2 Å². The molecular formula is C27H33FN2O3. The van der Waals surface area contributed by atoms with E-state index in [1.165, 1.54) is 18.9 Å². The van der Waals surface area contributed by atoms with E-state index < -0.39 is 0 Å². The lowest BCUT2D eigenvalue weighted by molar-refractivity contribution is 0.200. The summed E-state index contributed by atoms with van der Waals surface area (Å²) in [5, 5.41) is 0. The lowest BCUT2D eigenvalue weighted by Gasteiger charge is -2.23. The van der Waals surface area contributed by atoms with Gasteiger partial charge in [-0.1, -0.05) is 18.2 Å². The second-order valence-corrected chi connectivity index (χ2v) is 7.97. The van der Waals surface area contributed by atoms with Gasteiger partial charge in [0.05, 0.1) is 19.8 Å². The van der Waals surface area contributed by atoms with Gasteiger partial charge in [0.1, 0.15) is 13.3 Å². The lowest BCUT2D eigenvalue weighted by Crippen LogP contribution is -2.26. The fourth-order valence-electron chi connectivity index (χ4n) is 4.00. The van der Waals surface area contributed by atoms with Crippen LogP contribution >= 0.6 is 0 Å². The van der Waals surface area contributed by atoms with Crippen molar-refractivity contribution in [3.63, 3.8) is 0 Å². The smallest absolute Gasteiger partial charge is 0.165 e. The number of halogens is 1. The molecule has 1 aliphatic heterocycles. The maximum atomic E-state index is 13.9. The van der Waals surface area contributed by atoms with Crippen molar-refractivity contribution >= 4 is 11.8 Å². The molecule has 2 aliphatic rings. The van der Waals surface area contributed by atoms with Gasteiger partial charge >= 0.3 is 0 Å². The Morgan fingerprint density at radius 1 is 1.12 bits per heavy atom. The summed E-state index contributed by atoms with van der Waals surface area (Å²) in [6, 6.07) is 10.9. The number of ether oxygens (including phenoxy) is 3. The Morgan fingerprint density at radius 3 is 2.64 bits per heavy atom.